The van der Waals surface area contributed by atoms with Gasteiger partial charge in [0.25, 0.3) is 0 Å². The predicted molar refractivity (Wildman–Crippen MR) is 314 cm³/mol. The smallest absolute Gasteiger partial charge is 0.238 e. The number of nitrogens with zero attached hydrogens (tertiary/aromatic N) is 5. The van der Waals surface area contributed by atoms with Crippen LogP contribution >= 0.6 is 11.3 Å². The second-order valence-electron chi connectivity index (χ2n) is 19.1. The molecule has 0 saturated carbocycles. The summed E-state index contributed by atoms with van der Waals surface area (Å²) < 4.78 is 7.26. The summed E-state index contributed by atoms with van der Waals surface area (Å²) in [7, 11) is 0. The van der Waals surface area contributed by atoms with E-state index in [-0.39, 0.29) is 0 Å². The molecule has 15 rings (SSSR count). The number of fused-ring (bicyclic) bond motifs is 9. The molecule has 0 N–H and O–H groups in total. The highest BCUT2D eigenvalue weighted by molar-refractivity contribution is 7.26. The summed E-state index contributed by atoms with van der Waals surface area (Å²) in [5, 5.41) is 7.30. The Morgan fingerprint density at radius 3 is 1.45 bits per heavy atom. The van der Waals surface area contributed by atoms with Gasteiger partial charge in [-0.3, -0.25) is 4.57 Å². The van der Waals surface area contributed by atoms with Crippen molar-refractivity contribution in [3.05, 3.63) is 261 Å². The van der Waals surface area contributed by atoms with Crippen LogP contribution in [0.4, 0.5) is 0 Å². The largest absolute Gasteiger partial charge is 0.309 e. The Kier molecular flexibility index (Phi) is 10.00. The van der Waals surface area contributed by atoms with Gasteiger partial charge in [-0.1, -0.05) is 218 Å². The molecule has 0 atom stereocenters. The lowest BCUT2D eigenvalue weighted by molar-refractivity contribution is 0.954. The molecule has 0 radical (unpaired) electrons. The molecule has 0 aliphatic rings. The Balaban J connectivity index is 0.902. The third-order valence-electron chi connectivity index (χ3n) is 14.8. The van der Waals surface area contributed by atoms with Gasteiger partial charge in [-0.15, -0.1) is 11.3 Å². The first kappa shape index (κ1) is 42.9. The zero-order chi connectivity index (χ0) is 49.4. The number of para-hydroxylation sites is 4. The van der Waals surface area contributed by atoms with Crippen LogP contribution in [-0.4, -0.2) is 24.1 Å². The average molecular weight is 974 g/mol. The molecule has 350 valence electrons. The van der Waals surface area contributed by atoms with E-state index < -0.39 is 0 Å². The van der Waals surface area contributed by atoms with Crippen LogP contribution in [0, 0.1) is 0 Å². The number of thiophene rings is 1. The van der Waals surface area contributed by atoms with E-state index in [1.165, 1.54) is 58.7 Å². The zero-order valence-electron chi connectivity index (χ0n) is 40.5. The van der Waals surface area contributed by atoms with Crippen LogP contribution in [0.5, 0.6) is 0 Å². The van der Waals surface area contributed by atoms with Crippen molar-refractivity contribution in [3.63, 3.8) is 0 Å². The maximum atomic E-state index is 5.45. The lowest BCUT2D eigenvalue weighted by atomic mass is 9.96. The van der Waals surface area contributed by atoms with Crippen LogP contribution < -0.4 is 0 Å². The minimum absolute atomic E-state index is 0.553. The van der Waals surface area contributed by atoms with Crippen molar-refractivity contribution in [1.29, 1.82) is 0 Å². The van der Waals surface area contributed by atoms with Gasteiger partial charge in [0.05, 0.1) is 27.8 Å². The molecule has 0 aliphatic carbocycles. The first-order valence-electron chi connectivity index (χ1n) is 25.3. The van der Waals surface area contributed by atoms with Crippen molar-refractivity contribution in [2.45, 2.75) is 0 Å². The van der Waals surface area contributed by atoms with Gasteiger partial charge in [0, 0.05) is 64.0 Å². The molecule has 0 spiro atoms. The van der Waals surface area contributed by atoms with E-state index in [1.54, 1.807) is 0 Å². The van der Waals surface area contributed by atoms with Crippen LogP contribution in [-0.2, 0) is 0 Å². The van der Waals surface area contributed by atoms with E-state index in [1.807, 2.05) is 29.5 Å². The summed E-state index contributed by atoms with van der Waals surface area (Å²) >= 11 is 1.86. The number of benzene rings is 11. The summed E-state index contributed by atoms with van der Waals surface area (Å²) in [6.45, 7) is 0. The molecule has 0 fully saturated rings. The van der Waals surface area contributed by atoms with Crippen LogP contribution in [0.1, 0.15) is 0 Å². The Morgan fingerprint density at radius 1 is 0.280 bits per heavy atom. The minimum atomic E-state index is 0.553. The molecule has 0 amide bonds. The average Bonchev–Trinajstić information content (AvgIpc) is 4.16. The number of hydrogen-bond donors (Lipinski definition) is 0. The lowest BCUT2D eigenvalue weighted by Gasteiger charge is -2.17. The first-order chi connectivity index (χ1) is 37.2. The summed E-state index contributed by atoms with van der Waals surface area (Å²) in [6, 6.07) is 93.5. The standard InChI is InChI=1S/C69H43N5S/c1-3-18-44(19-4-1)48-40-41-63(73-60-32-11-7-24-53(60)54-25-8-12-33-61(54)73)59(43-48)45-36-38-47(39-37-45)68-70-67(46-20-5-2-6-21-46)71-69(72-68)74-62-34-13-9-26-55(62)57-30-16-28-51(65(57)74)49-22-15-23-50(42-49)52-29-17-31-58-56-27-10-14-35-64(56)75-66(52)58/h1-43H. The van der Waals surface area contributed by atoms with Crippen molar-refractivity contribution in [2.24, 2.45) is 0 Å². The van der Waals surface area contributed by atoms with Crippen LogP contribution in [0.25, 0.3) is 143 Å². The minimum Gasteiger partial charge on any atom is -0.309 e. The molecule has 0 unspecified atom stereocenters. The molecule has 0 aliphatic heterocycles. The molecule has 15 aromatic rings. The third-order valence-corrected chi connectivity index (χ3v) is 16.0. The van der Waals surface area contributed by atoms with Crippen molar-refractivity contribution in [1.82, 2.24) is 24.1 Å². The highest BCUT2D eigenvalue weighted by Gasteiger charge is 2.22. The van der Waals surface area contributed by atoms with E-state index in [9.17, 15) is 0 Å². The molecule has 0 bridgehead atoms. The van der Waals surface area contributed by atoms with Gasteiger partial charge < -0.3 is 4.57 Å². The fourth-order valence-electron chi connectivity index (χ4n) is 11.4. The van der Waals surface area contributed by atoms with Crippen LogP contribution in [0.2, 0.25) is 0 Å². The Morgan fingerprint density at radius 2 is 0.760 bits per heavy atom. The highest BCUT2D eigenvalue weighted by Crippen LogP contribution is 2.44. The van der Waals surface area contributed by atoms with Crippen molar-refractivity contribution >= 4 is 75.1 Å². The van der Waals surface area contributed by atoms with Gasteiger partial charge in [-0.25, -0.2) is 4.98 Å². The molecule has 5 nitrogen and oxygen atoms in total. The molecule has 0 saturated heterocycles. The van der Waals surface area contributed by atoms with Gasteiger partial charge in [-0.2, -0.15) is 9.97 Å². The SMILES string of the molecule is c1ccc(-c2ccc(-n3c4ccccc4c4ccccc43)c(-c3ccc(-c4nc(-c5ccccc5)nc(-n5c6ccccc6c6cccc(-c7cccc(-c8cccc9c8sc8ccccc89)c7)c65)n4)cc3)c2)cc1. The van der Waals surface area contributed by atoms with Crippen molar-refractivity contribution in [2.75, 3.05) is 0 Å². The summed E-state index contributed by atoms with van der Waals surface area (Å²) in [5.74, 6) is 1.75. The van der Waals surface area contributed by atoms with Crippen molar-refractivity contribution < 1.29 is 0 Å². The molecule has 11 aromatic carbocycles. The van der Waals surface area contributed by atoms with Gasteiger partial charge in [-0.05, 0) is 75.8 Å². The van der Waals surface area contributed by atoms with Gasteiger partial charge in [0.1, 0.15) is 0 Å². The topological polar surface area (TPSA) is 48.5 Å². The quantitative estimate of drug-likeness (QED) is 0.152. The molecule has 4 heterocycles. The maximum Gasteiger partial charge on any atom is 0.238 e. The Labute approximate surface area is 436 Å². The summed E-state index contributed by atoms with van der Waals surface area (Å²) in [4.78, 5) is 16.1. The molecule has 4 aromatic heterocycles. The Hall–Kier alpha value is -9.75. The fraction of sp³-hybridized carbons (Fsp3) is 0. The number of rotatable bonds is 8. The van der Waals surface area contributed by atoms with E-state index >= 15 is 0 Å². The van der Waals surface area contributed by atoms with E-state index in [0.29, 0.717) is 17.6 Å². The van der Waals surface area contributed by atoms with Crippen molar-refractivity contribution in [3.8, 4) is 78.9 Å². The third kappa shape index (κ3) is 7.10. The molecular formula is C69H43N5S. The molecule has 75 heavy (non-hydrogen) atoms. The second-order valence-corrected chi connectivity index (χ2v) is 20.2. The van der Waals surface area contributed by atoms with Gasteiger partial charge in [0.15, 0.2) is 11.6 Å². The normalized spacial score (nSPS) is 11.7. The molecular weight excluding hydrogens is 931 g/mol. The maximum absolute atomic E-state index is 5.45. The van der Waals surface area contributed by atoms with Crippen LogP contribution in [0.15, 0.2) is 261 Å². The Bertz CT molecular complexity index is 4650. The summed E-state index contributed by atoms with van der Waals surface area (Å²) in [6.07, 6.45) is 0. The fourth-order valence-corrected chi connectivity index (χ4v) is 12.6. The first-order valence-corrected chi connectivity index (χ1v) is 26.2. The van der Waals surface area contributed by atoms with E-state index in [0.717, 1.165) is 66.4 Å². The van der Waals surface area contributed by atoms with E-state index in [4.69, 9.17) is 15.0 Å². The molecule has 6 heteroatoms. The van der Waals surface area contributed by atoms with Crippen LogP contribution in [0.3, 0.4) is 0 Å². The van der Waals surface area contributed by atoms with Gasteiger partial charge in [0.2, 0.25) is 5.95 Å². The van der Waals surface area contributed by atoms with E-state index in [2.05, 4.69) is 252 Å². The predicted octanol–water partition coefficient (Wildman–Crippen LogP) is 18.4. The lowest BCUT2D eigenvalue weighted by Crippen LogP contribution is -2.07. The monoisotopic (exact) mass is 973 g/mol. The second kappa shape index (κ2) is 17.5. The number of hydrogen-bond acceptors (Lipinski definition) is 4. The highest BCUT2D eigenvalue weighted by atomic mass is 32.1. The zero-order valence-corrected chi connectivity index (χ0v) is 41.3. The van der Waals surface area contributed by atoms with Gasteiger partial charge >= 0.3 is 0 Å². The summed E-state index contributed by atoms with van der Waals surface area (Å²) in [5.41, 5.74) is 16.5. The number of aromatic nitrogens is 5.